The second-order valence-electron chi connectivity index (χ2n) is 16.7. The van der Waals surface area contributed by atoms with E-state index in [1.165, 1.54) is 26.7 Å². The van der Waals surface area contributed by atoms with E-state index < -0.39 is 8.07 Å². The monoisotopic (exact) mass is 856 g/mol. The van der Waals surface area contributed by atoms with Crippen LogP contribution >= 0.6 is 0 Å². The fraction of sp³-hybridized carbons (Fsp3) is 0.158. The van der Waals surface area contributed by atoms with E-state index in [-0.39, 0.29) is 12.6 Å². The zero-order chi connectivity index (χ0) is 43.5. The third kappa shape index (κ3) is 8.21. The van der Waals surface area contributed by atoms with Gasteiger partial charge in [-0.15, -0.1) is 0 Å². The van der Waals surface area contributed by atoms with Crippen LogP contribution in [0.2, 0.25) is 6.04 Å². The third-order valence-corrected chi connectivity index (χ3v) is 17.3. The first kappa shape index (κ1) is 41.4. The molecule has 0 radical (unpaired) electrons. The van der Waals surface area contributed by atoms with Crippen LogP contribution in [0.1, 0.15) is 40.4 Å². The molecule has 7 aromatic carbocycles. The summed E-state index contributed by atoms with van der Waals surface area (Å²) in [6.45, 7) is 11.5. The summed E-state index contributed by atoms with van der Waals surface area (Å²) in [6.07, 6.45) is 6.24. The topological polar surface area (TPSA) is 43.4 Å². The standard InChI is InChI=1S/C57H52N2O4Si/c1-41-12-10-14-49(38-41)58(46-26-21-44(22-27-46)56-60-33-34-61-56)48-25-20-43(3)54-31-30-51(40-55(54)64(37-32-48,52-16-6-4-7-17-52)53-18-8-5-9-19-53)59(50-15-11-13-42(2)39-50)47-28-23-45(24-29-47)57-62-35-36-63-57/h4-32,38-40,56-57H,3,33-37H2,1-2H3/b25-20-,48-32+. The number of allylic oxidation sites excluding steroid dienone is 4. The number of fused-ring (bicyclic) bond motifs is 1. The van der Waals surface area contributed by atoms with Crippen molar-refractivity contribution in [1.82, 2.24) is 0 Å². The Morgan fingerprint density at radius 2 is 0.938 bits per heavy atom. The zero-order valence-corrected chi connectivity index (χ0v) is 37.4. The molecule has 0 atom stereocenters. The SMILES string of the molecule is C=C1/C=C\C(N(c2ccc(C3OCCO3)cc2)c2cccc(C)c2)=C/C[Si](c2ccccc2)(c2ccccc2)c2cc(N(c3ccc(C4OCCO4)cc3)c3cccc(C)c3)ccc21. The minimum absolute atomic E-state index is 0.343. The van der Waals surface area contributed by atoms with Gasteiger partial charge in [-0.3, -0.25) is 0 Å². The maximum Gasteiger partial charge on any atom is 0.184 e. The molecule has 7 aromatic rings. The largest absolute Gasteiger partial charge is 0.346 e. The van der Waals surface area contributed by atoms with Crippen molar-refractivity contribution < 1.29 is 18.9 Å². The van der Waals surface area contributed by atoms with Gasteiger partial charge in [0.15, 0.2) is 20.7 Å². The average Bonchev–Trinajstić information content (AvgIpc) is 4.09. The van der Waals surface area contributed by atoms with Gasteiger partial charge in [0.1, 0.15) is 0 Å². The molecule has 0 aliphatic carbocycles. The molecule has 10 rings (SSSR count). The van der Waals surface area contributed by atoms with Crippen molar-refractivity contribution in [3.63, 3.8) is 0 Å². The number of anilines is 5. The number of ether oxygens (including phenoxy) is 4. The second-order valence-corrected chi connectivity index (χ2v) is 20.7. The molecular formula is C57H52N2O4Si. The number of aryl methyl sites for hydroxylation is 2. The molecule has 3 heterocycles. The van der Waals surface area contributed by atoms with Gasteiger partial charge in [0.25, 0.3) is 0 Å². The Hall–Kier alpha value is -6.58. The first-order valence-electron chi connectivity index (χ1n) is 22.2. The van der Waals surface area contributed by atoms with Crippen molar-refractivity contribution in [3.05, 3.63) is 234 Å². The number of rotatable bonds is 10. The highest BCUT2D eigenvalue weighted by Crippen LogP contribution is 2.39. The van der Waals surface area contributed by atoms with Gasteiger partial charge < -0.3 is 28.7 Å². The van der Waals surface area contributed by atoms with Crippen LogP contribution in [0.3, 0.4) is 0 Å². The molecule has 0 amide bonds. The summed E-state index contributed by atoms with van der Waals surface area (Å²) >= 11 is 0. The molecule has 7 heteroatoms. The van der Waals surface area contributed by atoms with E-state index in [1.54, 1.807) is 0 Å². The van der Waals surface area contributed by atoms with Crippen LogP contribution in [0, 0.1) is 13.8 Å². The van der Waals surface area contributed by atoms with E-state index >= 15 is 0 Å². The van der Waals surface area contributed by atoms with Gasteiger partial charge in [0.2, 0.25) is 0 Å². The van der Waals surface area contributed by atoms with Crippen molar-refractivity contribution in [2.24, 2.45) is 0 Å². The fourth-order valence-electron chi connectivity index (χ4n) is 9.43. The van der Waals surface area contributed by atoms with Gasteiger partial charge in [-0.1, -0.05) is 134 Å². The molecule has 0 saturated carbocycles. The molecular weight excluding hydrogens is 805 g/mol. The molecule has 0 unspecified atom stereocenters. The zero-order valence-electron chi connectivity index (χ0n) is 36.4. The predicted octanol–water partition coefficient (Wildman–Crippen LogP) is 11.6. The Labute approximate surface area is 378 Å². The van der Waals surface area contributed by atoms with E-state index in [4.69, 9.17) is 25.5 Å². The summed E-state index contributed by atoms with van der Waals surface area (Å²) in [4.78, 5) is 4.75. The lowest BCUT2D eigenvalue weighted by Gasteiger charge is -2.36. The summed E-state index contributed by atoms with van der Waals surface area (Å²) in [6, 6.07) is 64.9. The normalized spacial score (nSPS) is 17.7. The first-order chi connectivity index (χ1) is 31.4. The summed E-state index contributed by atoms with van der Waals surface area (Å²) < 4.78 is 23.5. The van der Waals surface area contributed by atoms with Gasteiger partial charge in [0, 0.05) is 45.3 Å². The Morgan fingerprint density at radius 3 is 1.45 bits per heavy atom. The Bertz CT molecular complexity index is 2770. The van der Waals surface area contributed by atoms with Crippen molar-refractivity contribution in [3.8, 4) is 0 Å². The lowest BCUT2D eigenvalue weighted by molar-refractivity contribution is -0.0443. The fourth-order valence-corrected chi connectivity index (χ4v) is 14.2. The van der Waals surface area contributed by atoms with Crippen LogP contribution in [-0.2, 0) is 18.9 Å². The maximum atomic E-state index is 5.88. The second kappa shape index (κ2) is 18.3. The van der Waals surface area contributed by atoms with Gasteiger partial charge in [-0.25, -0.2) is 0 Å². The summed E-state index contributed by atoms with van der Waals surface area (Å²) in [5.41, 5.74) is 12.9. The number of hydrogen-bond donors (Lipinski definition) is 0. The van der Waals surface area contributed by atoms with E-state index in [0.29, 0.717) is 26.4 Å². The van der Waals surface area contributed by atoms with E-state index in [9.17, 15) is 0 Å². The summed E-state index contributed by atoms with van der Waals surface area (Å²) in [5.74, 6) is 0. The van der Waals surface area contributed by atoms with Crippen LogP contribution in [-0.4, -0.2) is 34.5 Å². The summed E-state index contributed by atoms with van der Waals surface area (Å²) in [5, 5.41) is 3.96. The van der Waals surface area contributed by atoms with E-state index in [2.05, 4.69) is 218 Å². The highest BCUT2D eigenvalue weighted by molar-refractivity contribution is 7.12. The van der Waals surface area contributed by atoms with Crippen molar-refractivity contribution in [2.75, 3.05) is 36.2 Å². The van der Waals surface area contributed by atoms with Gasteiger partial charge >= 0.3 is 0 Å². The smallest absolute Gasteiger partial charge is 0.184 e. The molecule has 0 aromatic heterocycles. The molecule has 318 valence electrons. The van der Waals surface area contributed by atoms with Crippen LogP contribution in [0.25, 0.3) is 5.57 Å². The number of benzene rings is 7. The lowest BCUT2D eigenvalue weighted by Crippen LogP contribution is -2.67. The van der Waals surface area contributed by atoms with Crippen LogP contribution in [0.4, 0.5) is 28.4 Å². The third-order valence-electron chi connectivity index (χ3n) is 12.5. The Balaban J connectivity index is 1.18. The van der Waals surface area contributed by atoms with Crippen LogP contribution in [0.5, 0.6) is 0 Å². The van der Waals surface area contributed by atoms with Gasteiger partial charge in [-0.05, 0) is 124 Å². The predicted molar refractivity (Wildman–Crippen MR) is 264 cm³/mol. The highest BCUT2D eigenvalue weighted by Gasteiger charge is 2.41. The first-order valence-corrected chi connectivity index (χ1v) is 24.4. The quantitative estimate of drug-likeness (QED) is 0.128. The van der Waals surface area contributed by atoms with Gasteiger partial charge in [-0.2, -0.15) is 0 Å². The van der Waals surface area contributed by atoms with Crippen LogP contribution in [0.15, 0.2) is 206 Å². The highest BCUT2D eigenvalue weighted by atomic mass is 28.3. The molecule has 2 saturated heterocycles. The van der Waals surface area contributed by atoms with Gasteiger partial charge in [0.05, 0.1) is 26.4 Å². The Kier molecular flexibility index (Phi) is 11.8. The minimum atomic E-state index is -2.95. The molecule has 3 aliphatic heterocycles. The molecule has 0 N–H and O–H groups in total. The molecule has 3 aliphatic rings. The molecule has 0 spiro atoms. The molecule has 6 nitrogen and oxygen atoms in total. The van der Waals surface area contributed by atoms with Crippen molar-refractivity contribution in [2.45, 2.75) is 32.5 Å². The van der Waals surface area contributed by atoms with Crippen molar-refractivity contribution in [1.29, 1.82) is 0 Å². The number of hydrogen-bond acceptors (Lipinski definition) is 6. The molecule has 2 fully saturated rings. The lowest BCUT2D eigenvalue weighted by atomic mass is 10.0. The van der Waals surface area contributed by atoms with E-state index in [1.807, 2.05) is 0 Å². The molecule has 64 heavy (non-hydrogen) atoms. The van der Waals surface area contributed by atoms with Crippen LogP contribution < -0.4 is 25.4 Å². The Morgan fingerprint density at radius 1 is 0.469 bits per heavy atom. The maximum absolute atomic E-state index is 5.88. The number of nitrogens with zero attached hydrogens (tertiary/aromatic N) is 2. The van der Waals surface area contributed by atoms with Crippen molar-refractivity contribution >= 4 is 57.6 Å². The summed E-state index contributed by atoms with van der Waals surface area (Å²) in [7, 11) is -2.95. The van der Waals surface area contributed by atoms with E-state index in [0.717, 1.165) is 62.4 Å². The average molecular weight is 857 g/mol. The molecule has 0 bridgehead atoms. The minimum Gasteiger partial charge on any atom is -0.346 e.